The highest BCUT2D eigenvalue weighted by molar-refractivity contribution is 5.70. The molecular weight excluding hydrogens is 620 g/mol. The highest BCUT2D eigenvalue weighted by Crippen LogP contribution is 2.33. The van der Waals surface area contributed by atoms with Gasteiger partial charge in [0.25, 0.3) is 0 Å². The van der Waals surface area contributed by atoms with Crippen molar-refractivity contribution in [2.24, 2.45) is 0 Å². The number of halogens is 6. The van der Waals surface area contributed by atoms with Gasteiger partial charge < -0.3 is 24.2 Å². The second-order valence-electron chi connectivity index (χ2n) is 10.2. The van der Waals surface area contributed by atoms with Crippen LogP contribution in [0.2, 0.25) is 0 Å². The molecule has 1 aliphatic rings. The Hall–Kier alpha value is -5.01. The molecule has 4 aromatic rings. The van der Waals surface area contributed by atoms with Gasteiger partial charge in [0.1, 0.15) is 11.5 Å². The zero-order chi connectivity index (χ0) is 33.3. The van der Waals surface area contributed by atoms with E-state index in [9.17, 15) is 36.2 Å². The number of carbonyl (C=O) groups is 1. The van der Waals surface area contributed by atoms with Crippen LogP contribution in [-0.2, 0) is 12.4 Å². The molecule has 1 saturated carbocycles. The monoisotopic (exact) mass is 649 g/mol. The molecule has 0 unspecified atom stereocenters. The molecule has 0 spiro atoms. The van der Waals surface area contributed by atoms with E-state index in [4.69, 9.17) is 14.2 Å². The van der Waals surface area contributed by atoms with Crippen molar-refractivity contribution in [3.8, 4) is 34.8 Å². The van der Waals surface area contributed by atoms with Crippen LogP contribution in [0.1, 0.15) is 43.2 Å². The van der Waals surface area contributed by atoms with E-state index in [1.807, 2.05) is 0 Å². The summed E-state index contributed by atoms with van der Waals surface area (Å²) >= 11 is 0. The normalized spacial score (nSPS) is 13.6. The maximum atomic E-state index is 12.5. The second-order valence-corrected chi connectivity index (χ2v) is 10.2. The molecule has 2 aromatic heterocycles. The van der Waals surface area contributed by atoms with Crippen LogP contribution in [0.25, 0.3) is 0 Å². The van der Waals surface area contributed by atoms with Crippen LogP contribution >= 0.6 is 0 Å². The summed E-state index contributed by atoms with van der Waals surface area (Å²) in [5, 5.41) is 9.42. The van der Waals surface area contributed by atoms with E-state index in [1.54, 1.807) is 48.3 Å². The number of phenols is 1. The molecule has 0 bridgehead atoms. The number of nitrogens with zero attached hydrogens (tertiary/aromatic N) is 3. The maximum absolute atomic E-state index is 12.5. The molecule has 0 atom stereocenters. The van der Waals surface area contributed by atoms with E-state index in [1.165, 1.54) is 18.6 Å². The molecule has 1 fully saturated rings. The summed E-state index contributed by atoms with van der Waals surface area (Å²) < 4.78 is 90.5. The minimum atomic E-state index is -4.44. The Morgan fingerprint density at radius 2 is 1.26 bits per heavy atom. The number of pyridine rings is 2. The second kappa shape index (κ2) is 14.8. The lowest BCUT2D eigenvalue weighted by molar-refractivity contribution is -0.138. The third-order valence-corrected chi connectivity index (χ3v) is 6.87. The fourth-order valence-corrected chi connectivity index (χ4v) is 4.36. The van der Waals surface area contributed by atoms with Gasteiger partial charge >= 0.3 is 18.4 Å². The zero-order valence-corrected chi connectivity index (χ0v) is 24.4. The van der Waals surface area contributed by atoms with E-state index < -0.39 is 29.6 Å². The molecule has 46 heavy (non-hydrogen) atoms. The van der Waals surface area contributed by atoms with Gasteiger partial charge in [-0.05, 0) is 61.4 Å². The van der Waals surface area contributed by atoms with Crippen LogP contribution in [-0.4, -0.2) is 39.2 Å². The van der Waals surface area contributed by atoms with Crippen LogP contribution in [0.15, 0.2) is 85.2 Å². The average molecular weight is 650 g/mol. The van der Waals surface area contributed by atoms with Crippen molar-refractivity contribution in [3.05, 3.63) is 96.3 Å². The minimum Gasteiger partial charge on any atom is -0.504 e. The molecule has 2 heterocycles. The van der Waals surface area contributed by atoms with Gasteiger partial charge in [-0.2, -0.15) is 26.3 Å². The summed E-state index contributed by atoms with van der Waals surface area (Å²) in [5.41, 5.74) is -1.70. The van der Waals surface area contributed by atoms with Crippen molar-refractivity contribution in [1.82, 2.24) is 14.9 Å². The molecule has 14 heteroatoms. The van der Waals surface area contributed by atoms with Gasteiger partial charge in [0.05, 0.1) is 11.1 Å². The number of phenolic OH excluding ortho intramolecular Hbond substituents is 1. The lowest BCUT2D eigenvalue weighted by atomic mass is 9.95. The molecule has 2 aromatic carbocycles. The topological polar surface area (TPSA) is 94.0 Å². The first-order valence-electron chi connectivity index (χ1n) is 14.0. The number of para-hydroxylation sites is 2. The van der Waals surface area contributed by atoms with Gasteiger partial charge in [-0.3, -0.25) is 0 Å². The van der Waals surface area contributed by atoms with Crippen molar-refractivity contribution < 1.29 is 50.5 Å². The summed E-state index contributed by atoms with van der Waals surface area (Å²) in [4.78, 5) is 21.1. The number of alkyl halides is 6. The van der Waals surface area contributed by atoms with Gasteiger partial charge in [-0.1, -0.05) is 31.4 Å². The highest BCUT2D eigenvalue weighted by Gasteiger charge is 2.31. The van der Waals surface area contributed by atoms with Crippen molar-refractivity contribution in [2.45, 2.75) is 50.5 Å². The van der Waals surface area contributed by atoms with E-state index in [-0.39, 0.29) is 29.3 Å². The molecule has 0 radical (unpaired) electrons. The summed E-state index contributed by atoms with van der Waals surface area (Å²) in [6.45, 7) is 0. The Kier molecular flexibility index (Phi) is 10.9. The van der Waals surface area contributed by atoms with Crippen LogP contribution in [0.3, 0.4) is 0 Å². The van der Waals surface area contributed by atoms with Gasteiger partial charge in [0.15, 0.2) is 11.5 Å². The summed E-state index contributed by atoms with van der Waals surface area (Å²) in [5.74, 6) is 0.760. The first-order chi connectivity index (χ1) is 21.8. The molecule has 8 nitrogen and oxygen atoms in total. The molecule has 1 amide bonds. The number of amides is 1. The van der Waals surface area contributed by atoms with Gasteiger partial charge in [-0.15, -0.1) is 0 Å². The summed E-state index contributed by atoms with van der Waals surface area (Å²) in [7, 11) is 1.74. The number of aromatic nitrogens is 2. The number of hydrogen-bond acceptors (Lipinski definition) is 7. The Bertz CT molecular complexity index is 1560. The van der Waals surface area contributed by atoms with Gasteiger partial charge in [-0.25, -0.2) is 14.8 Å². The fraction of sp³-hybridized carbons (Fsp3) is 0.281. The first kappa shape index (κ1) is 33.9. The summed E-state index contributed by atoms with van der Waals surface area (Å²) in [6.07, 6.45) is -2.49. The SMILES string of the molecule is CN(C(=O)Oc1ccc(Oc2ccc(C(F)(F)F)cn2)cc1)C1CCCCC1.Oc1ccccc1Oc1ccc(C(F)(F)F)cn1. The quantitative estimate of drug-likeness (QED) is 0.208. The van der Waals surface area contributed by atoms with E-state index in [0.29, 0.717) is 23.9 Å². The Labute approximate surface area is 260 Å². The van der Waals surface area contributed by atoms with E-state index in [0.717, 1.165) is 49.9 Å². The third kappa shape index (κ3) is 9.74. The van der Waals surface area contributed by atoms with Crippen LogP contribution in [0.5, 0.6) is 34.8 Å². The number of benzene rings is 2. The van der Waals surface area contributed by atoms with Crippen LogP contribution in [0.4, 0.5) is 31.1 Å². The molecule has 1 aliphatic carbocycles. The number of carbonyl (C=O) groups excluding carboxylic acids is 1. The largest absolute Gasteiger partial charge is 0.504 e. The molecule has 5 rings (SSSR count). The lowest BCUT2D eigenvalue weighted by Gasteiger charge is -2.30. The van der Waals surface area contributed by atoms with Crippen LogP contribution in [0, 0.1) is 0 Å². The fourth-order valence-electron chi connectivity index (χ4n) is 4.36. The molecular formula is C32H29F6N3O5. The van der Waals surface area contributed by atoms with Gasteiger partial charge in [0, 0.05) is 37.6 Å². The smallest absolute Gasteiger partial charge is 0.417 e. The number of aromatic hydroxyl groups is 1. The minimum absolute atomic E-state index is 0.0236. The van der Waals surface area contributed by atoms with Crippen molar-refractivity contribution in [2.75, 3.05) is 7.05 Å². The Morgan fingerprint density at radius 3 is 1.76 bits per heavy atom. The third-order valence-electron chi connectivity index (χ3n) is 6.87. The Balaban J connectivity index is 0.000000230. The maximum Gasteiger partial charge on any atom is 0.417 e. The number of hydrogen-bond donors (Lipinski definition) is 1. The van der Waals surface area contributed by atoms with Crippen LogP contribution < -0.4 is 14.2 Å². The number of rotatable bonds is 6. The predicted molar refractivity (Wildman–Crippen MR) is 154 cm³/mol. The molecule has 0 saturated heterocycles. The standard InChI is InChI=1S/C20H21F3N2O3.C12H8F3NO2/c1-25(15-5-3-2-4-6-15)19(26)28-17-10-8-16(9-11-17)27-18-12-7-14(13-24-18)20(21,22)23;13-12(14,15)8-5-6-11(16-7-8)18-10-4-2-1-3-9(10)17/h7-13,15H,2-6H2,1H3;1-7,17H. The van der Waals surface area contributed by atoms with E-state index >= 15 is 0 Å². The Morgan fingerprint density at radius 1 is 0.739 bits per heavy atom. The first-order valence-corrected chi connectivity index (χ1v) is 14.0. The highest BCUT2D eigenvalue weighted by atomic mass is 19.4. The molecule has 244 valence electrons. The predicted octanol–water partition coefficient (Wildman–Crippen LogP) is 9.25. The van der Waals surface area contributed by atoms with Crippen molar-refractivity contribution in [3.63, 3.8) is 0 Å². The summed E-state index contributed by atoms with van der Waals surface area (Å²) in [6, 6.07) is 16.6. The van der Waals surface area contributed by atoms with Crippen molar-refractivity contribution in [1.29, 1.82) is 0 Å². The van der Waals surface area contributed by atoms with Gasteiger partial charge in [0.2, 0.25) is 11.8 Å². The zero-order valence-electron chi connectivity index (χ0n) is 24.4. The average Bonchev–Trinajstić information content (AvgIpc) is 3.03. The van der Waals surface area contributed by atoms with E-state index in [2.05, 4.69) is 9.97 Å². The molecule has 1 N–H and O–H groups in total. The lowest BCUT2D eigenvalue weighted by Crippen LogP contribution is -2.39. The number of ether oxygens (including phenoxy) is 3. The van der Waals surface area contributed by atoms with Crippen molar-refractivity contribution >= 4 is 6.09 Å². The molecule has 0 aliphatic heterocycles.